The molecule has 0 atom stereocenters. The maximum absolute atomic E-state index is 12.0. The number of anilines is 1. The van der Waals surface area contributed by atoms with Crippen LogP contribution in [0.3, 0.4) is 0 Å². The van der Waals surface area contributed by atoms with Crippen molar-refractivity contribution in [2.45, 2.75) is 35.5 Å². The fourth-order valence-electron chi connectivity index (χ4n) is 2.71. The highest BCUT2D eigenvalue weighted by Crippen LogP contribution is 2.39. The molecular formula is C11H13N3O4S2. The van der Waals surface area contributed by atoms with E-state index >= 15 is 0 Å². The summed E-state index contributed by atoms with van der Waals surface area (Å²) in [7, 11) is -7.84. The molecule has 0 unspecified atom stereocenters. The highest BCUT2D eigenvalue weighted by molar-refractivity contribution is 7.91. The van der Waals surface area contributed by atoms with Crippen molar-refractivity contribution in [1.82, 2.24) is 0 Å². The van der Waals surface area contributed by atoms with E-state index in [4.69, 9.17) is 5.14 Å². The van der Waals surface area contributed by atoms with Crippen molar-refractivity contribution in [2.24, 2.45) is 9.54 Å². The lowest BCUT2D eigenvalue weighted by molar-refractivity contribution is 0.590. The lowest BCUT2D eigenvalue weighted by Gasteiger charge is -2.25. The highest BCUT2D eigenvalue weighted by atomic mass is 32.2. The Hall–Kier alpha value is -1.45. The Morgan fingerprint density at radius 3 is 2.50 bits per heavy atom. The van der Waals surface area contributed by atoms with Gasteiger partial charge in [-0.05, 0) is 42.9 Å². The Balaban J connectivity index is 2.42. The van der Waals surface area contributed by atoms with Gasteiger partial charge >= 0.3 is 0 Å². The van der Waals surface area contributed by atoms with Crippen molar-refractivity contribution in [1.29, 1.82) is 0 Å². The molecule has 0 saturated heterocycles. The molecule has 0 amide bonds. The molecule has 3 rings (SSSR count). The van der Waals surface area contributed by atoms with Crippen molar-refractivity contribution in [3.8, 4) is 0 Å². The van der Waals surface area contributed by atoms with E-state index in [2.05, 4.69) is 9.71 Å². The molecule has 0 bridgehead atoms. The molecule has 1 aliphatic heterocycles. The van der Waals surface area contributed by atoms with Crippen LogP contribution < -0.4 is 10.5 Å². The van der Waals surface area contributed by atoms with Crippen molar-refractivity contribution >= 4 is 32.1 Å². The molecule has 0 spiro atoms. The second-order valence-electron chi connectivity index (χ2n) is 4.81. The maximum Gasteiger partial charge on any atom is 0.285 e. The van der Waals surface area contributed by atoms with Gasteiger partial charge in [-0.25, -0.2) is 13.6 Å². The summed E-state index contributed by atoms with van der Waals surface area (Å²) in [5.41, 5.74) is 1.77. The van der Waals surface area contributed by atoms with E-state index in [9.17, 15) is 16.8 Å². The summed E-state index contributed by atoms with van der Waals surface area (Å²) in [4.78, 5) is -0.224. The van der Waals surface area contributed by atoms with Crippen molar-refractivity contribution in [3.63, 3.8) is 0 Å². The molecule has 7 nitrogen and oxygen atoms in total. The summed E-state index contributed by atoms with van der Waals surface area (Å²) >= 11 is 0. The molecule has 1 aliphatic carbocycles. The fourth-order valence-corrected chi connectivity index (χ4v) is 4.65. The molecule has 0 aromatic heterocycles. The number of sulfonamides is 2. The summed E-state index contributed by atoms with van der Waals surface area (Å²) in [5, 5.41) is 8.04. The molecule has 1 aromatic rings. The first-order valence-electron chi connectivity index (χ1n) is 6.07. The SMILES string of the molecule is NS(=O)(=O)c1cc2c(c3c1CCCC3)NC=NS2(=O)=O. The molecule has 20 heavy (non-hydrogen) atoms. The van der Waals surface area contributed by atoms with Crippen LogP contribution in [-0.4, -0.2) is 23.2 Å². The average molecular weight is 315 g/mol. The van der Waals surface area contributed by atoms with E-state index in [1.54, 1.807) is 0 Å². The quantitative estimate of drug-likeness (QED) is 0.775. The first kappa shape index (κ1) is 13.5. The number of nitrogens with one attached hydrogen (secondary N) is 1. The minimum atomic E-state index is -3.97. The second kappa shape index (κ2) is 4.27. The zero-order chi connectivity index (χ0) is 14.5. The summed E-state index contributed by atoms with van der Waals surface area (Å²) < 4.78 is 50.8. The Morgan fingerprint density at radius 2 is 1.85 bits per heavy atom. The highest BCUT2D eigenvalue weighted by Gasteiger charge is 2.31. The largest absolute Gasteiger partial charge is 0.344 e. The van der Waals surface area contributed by atoms with Crippen LogP contribution in [0.25, 0.3) is 0 Å². The second-order valence-corrected chi connectivity index (χ2v) is 7.94. The molecule has 1 heterocycles. The molecule has 2 aliphatic rings. The van der Waals surface area contributed by atoms with Crippen LogP contribution in [0, 0.1) is 0 Å². The summed E-state index contributed by atoms with van der Waals surface area (Å²) in [6, 6.07) is 1.12. The van der Waals surface area contributed by atoms with Gasteiger partial charge in [-0.3, -0.25) is 0 Å². The molecular weight excluding hydrogens is 302 g/mol. The average Bonchev–Trinajstić information content (AvgIpc) is 2.36. The van der Waals surface area contributed by atoms with Crippen LogP contribution in [0.4, 0.5) is 5.69 Å². The Bertz CT molecular complexity index is 826. The number of benzene rings is 1. The summed E-state index contributed by atoms with van der Waals surface area (Å²) in [6.07, 6.45) is 4.05. The van der Waals surface area contributed by atoms with E-state index < -0.39 is 20.0 Å². The van der Waals surface area contributed by atoms with Crippen molar-refractivity contribution < 1.29 is 16.8 Å². The van der Waals surface area contributed by atoms with Crippen molar-refractivity contribution in [2.75, 3.05) is 5.32 Å². The zero-order valence-electron chi connectivity index (χ0n) is 10.5. The number of nitrogens with zero attached hydrogens (tertiary/aromatic N) is 1. The van der Waals surface area contributed by atoms with Crippen LogP contribution in [0.5, 0.6) is 0 Å². The molecule has 0 fully saturated rings. The first-order valence-corrected chi connectivity index (χ1v) is 9.06. The Morgan fingerprint density at radius 1 is 1.20 bits per heavy atom. The Kier molecular flexibility index (Phi) is 2.89. The van der Waals surface area contributed by atoms with Crippen LogP contribution >= 0.6 is 0 Å². The third kappa shape index (κ3) is 2.02. The van der Waals surface area contributed by atoms with Crippen LogP contribution in [0.2, 0.25) is 0 Å². The molecule has 108 valence electrons. The minimum absolute atomic E-state index is 0.103. The van der Waals surface area contributed by atoms with Gasteiger partial charge in [0.25, 0.3) is 10.0 Å². The lowest BCUT2D eigenvalue weighted by atomic mass is 9.90. The van der Waals surface area contributed by atoms with Gasteiger partial charge in [-0.15, -0.1) is 4.40 Å². The van der Waals surface area contributed by atoms with Gasteiger partial charge in [0.1, 0.15) is 11.2 Å². The number of rotatable bonds is 1. The van der Waals surface area contributed by atoms with Gasteiger partial charge in [-0.1, -0.05) is 0 Å². The van der Waals surface area contributed by atoms with E-state index in [-0.39, 0.29) is 9.79 Å². The van der Waals surface area contributed by atoms with E-state index in [1.165, 1.54) is 0 Å². The predicted octanol–water partition coefficient (Wildman–Crippen LogP) is 0.355. The fraction of sp³-hybridized carbons (Fsp3) is 0.364. The molecule has 1 aromatic carbocycles. The first-order chi connectivity index (χ1) is 9.31. The third-order valence-corrected chi connectivity index (χ3v) is 5.80. The minimum Gasteiger partial charge on any atom is -0.344 e. The number of primary sulfonamides is 1. The normalized spacial score (nSPS) is 19.9. The Labute approximate surface area is 117 Å². The van der Waals surface area contributed by atoms with Crippen molar-refractivity contribution in [3.05, 3.63) is 17.2 Å². The molecule has 0 saturated carbocycles. The molecule has 0 radical (unpaired) electrons. The smallest absolute Gasteiger partial charge is 0.285 e. The van der Waals surface area contributed by atoms with Gasteiger partial charge in [0.05, 0.1) is 10.6 Å². The number of nitrogens with two attached hydrogens (primary N) is 1. The van der Waals surface area contributed by atoms with Crippen LogP contribution in [0.1, 0.15) is 24.0 Å². The lowest BCUT2D eigenvalue weighted by Crippen LogP contribution is -2.22. The number of hydrogen-bond acceptors (Lipinski definition) is 5. The van der Waals surface area contributed by atoms with E-state index in [0.29, 0.717) is 29.7 Å². The standard InChI is InChI=1S/C11H13N3O4S2/c12-19(15,16)9-5-10-11(13-6-14-20(10,17)18)8-4-2-1-3-7(8)9/h5-6H,1-4H2,(H,13,14)(H2,12,15,16). The van der Waals surface area contributed by atoms with Gasteiger partial charge in [0.2, 0.25) is 10.0 Å². The number of fused-ring (bicyclic) bond motifs is 3. The van der Waals surface area contributed by atoms with Gasteiger partial charge < -0.3 is 5.32 Å². The number of hydrogen-bond donors (Lipinski definition) is 2. The van der Waals surface area contributed by atoms with Crippen LogP contribution in [0.15, 0.2) is 20.3 Å². The summed E-state index contributed by atoms with van der Waals surface area (Å²) in [5.74, 6) is 0. The van der Waals surface area contributed by atoms with Gasteiger partial charge in [0, 0.05) is 0 Å². The van der Waals surface area contributed by atoms with Gasteiger partial charge in [0.15, 0.2) is 0 Å². The maximum atomic E-state index is 12.0. The topological polar surface area (TPSA) is 119 Å². The van der Waals surface area contributed by atoms with Gasteiger partial charge in [-0.2, -0.15) is 8.42 Å². The van der Waals surface area contributed by atoms with Crippen LogP contribution in [-0.2, 0) is 32.9 Å². The summed E-state index contributed by atoms with van der Waals surface area (Å²) in [6.45, 7) is 0. The zero-order valence-corrected chi connectivity index (χ0v) is 12.1. The predicted molar refractivity (Wildman–Crippen MR) is 73.8 cm³/mol. The third-order valence-electron chi connectivity index (χ3n) is 3.56. The van der Waals surface area contributed by atoms with E-state index in [1.807, 2.05) is 0 Å². The monoisotopic (exact) mass is 315 g/mol. The molecule has 3 N–H and O–H groups in total. The molecule has 9 heteroatoms. The van der Waals surface area contributed by atoms with E-state index in [0.717, 1.165) is 25.2 Å².